The van der Waals surface area contributed by atoms with Crippen LogP contribution in [-0.4, -0.2) is 59.7 Å². The lowest BCUT2D eigenvalue weighted by atomic mass is 10.3. The topological polar surface area (TPSA) is 57.5 Å². The van der Waals surface area contributed by atoms with Gasteiger partial charge in [0, 0.05) is 32.7 Å². The van der Waals surface area contributed by atoms with Crippen LogP contribution < -0.4 is 10.6 Å². The molecule has 1 heterocycles. The third-order valence-corrected chi connectivity index (χ3v) is 4.61. The number of hydrogen-bond donors (Lipinski definition) is 2. The Morgan fingerprint density at radius 2 is 1.89 bits per heavy atom. The van der Waals surface area contributed by atoms with Gasteiger partial charge in [-0.15, -0.1) is 24.0 Å². The molecule has 152 valence electrons. The molecular weight excluding hydrogens is 451 g/mol. The first-order valence-corrected chi connectivity index (χ1v) is 9.85. The first kappa shape index (κ1) is 23.7. The van der Waals surface area contributed by atoms with E-state index >= 15 is 0 Å². The summed E-state index contributed by atoms with van der Waals surface area (Å²) in [7, 11) is 0. The number of aryl methyl sites for hydroxylation is 2. The maximum Gasteiger partial charge on any atom is 0.191 e. The number of para-hydroxylation sites is 2. The Hall–Kier alpha value is -1.35. The molecule has 1 aromatic carbocycles. The summed E-state index contributed by atoms with van der Waals surface area (Å²) in [5.41, 5.74) is 2.28. The van der Waals surface area contributed by atoms with Crippen molar-refractivity contribution < 1.29 is 0 Å². The monoisotopic (exact) mass is 486 g/mol. The first-order valence-electron chi connectivity index (χ1n) is 9.85. The summed E-state index contributed by atoms with van der Waals surface area (Å²) < 4.78 is 2.28. The molecule has 0 radical (unpaired) electrons. The summed E-state index contributed by atoms with van der Waals surface area (Å²) in [4.78, 5) is 11.7. The second-order valence-corrected chi connectivity index (χ2v) is 6.37. The fraction of sp³-hybridized carbons (Fsp3) is 0.600. The van der Waals surface area contributed by atoms with E-state index < -0.39 is 0 Å². The Morgan fingerprint density at radius 3 is 2.59 bits per heavy atom. The zero-order valence-electron chi connectivity index (χ0n) is 17.2. The van der Waals surface area contributed by atoms with Gasteiger partial charge in [0.05, 0.1) is 11.0 Å². The van der Waals surface area contributed by atoms with Crippen molar-refractivity contribution in [3.63, 3.8) is 0 Å². The van der Waals surface area contributed by atoms with Crippen molar-refractivity contribution >= 4 is 41.0 Å². The summed E-state index contributed by atoms with van der Waals surface area (Å²) in [6.07, 6.45) is 0.994. The Morgan fingerprint density at radius 1 is 1.15 bits per heavy atom. The van der Waals surface area contributed by atoms with Crippen molar-refractivity contribution in [3.8, 4) is 0 Å². The highest BCUT2D eigenvalue weighted by Gasteiger charge is 2.06. The van der Waals surface area contributed by atoms with Crippen molar-refractivity contribution in [1.82, 2.24) is 25.1 Å². The van der Waals surface area contributed by atoms with Crippen LogP contribution in [0.5, 0.6) is 0 Å². The predicted molar refractivity (Wildman–Crippen MR) is 126 cm³/mol. The van der Waals surface area contributed by atoms with Gasteiger partial charge in [-0.1, -0.05) is 26.0 Å². The minimum absolute atomic E-state index is 0. The van der Waals surface area contributed by atoms with Crippen molar-refractivity contribution in [3.05, 3.63) is 30.1 Å². The van der Waals surface area contributed by atoms with Gasteiger partial charge in [0.2, 0.25) is 0 Å². The summed E-state index contributed by atoms with van der Waals surface area (Å²) >= 11 is 0. The predicted octanol–water partition coefficient (Wildman–Crippen LogP) is 3.25. The molecule has 0 fully saturated rings. The summed E-state index contributed by atoms with van der Waals surface area (Å²) in [6, 6.07) is 8.31. The van der Waals surface area contributed by atoms with Crippen molar-refractivity contribution in [1.29, 1.82) is 0 Å². The number of nitrogens with one attached hydrogen (secondary N) is 2. The van der Waals surface area contributed by atoms with E-state index in [1.807, 2.05) is 6.07 Å². The van der Waals surface area contributed by atoms with Gasteiger partial charge in [0.15, 0.2) is 5.96 Å². The number of rotatable bonds is 10. The second kappa shape index (κ2) is 12.9. The average Bonchev–Trinajstić information content (AvgIpc) is 2.97. The van der Waals surface area contributed by atoms with Gasteiger partial charge in [0.1, 0.15) is 5.82 Å². The van der Waals surface area contributed by atoms with E-state index in [2.05, 4.69) is 71.0 Å². The number of aromatic nitrogens is 2. The zero-order valence-corrected chi connectivity index (χ0v) is 19.5. The van der Waals surface area contributed by atoms with Crippen LogP contribution in [-0.2, 0) is 6.54 Å². The summed E-state index contributed by atoms with van der Waals surface area (Å²) in [6.45, 7) is 15.3. The van der Waals surface area contributed by atoms with E-state index in [4.69, 9.17) is 4.99 Å². The largest absolute Gasteiger partial charge is 0.357 e. The van der Waals surface area contributed by atoms with Gasteiger partial charge >= 0.3 is 0 Å². The van der Waals surface area contributed by atoms with E-state index in [0.717, 1.165) is 69.5 Å². The number of fused-ring (bicyclic) bond motifs is 1. The van der Waals surface area contributed by atoms with E-state index in [1.54, 1.807) is 0 Å². The summed E-state index contributed by atoms with van der Waals surface area (Å²) in [5, 5.41) is 6.76. The minimum atomic E-state index is 0. The number of benzene rings is 1. The number of halogens is 1. The van der Waals surface area contributed by atoms with E-state index in [0.29, 0.717) is 0 Å². The first-order chi connectivity index (χ1) is 12.7. The Bertz CT molecular complexity index is 693. The van der Waals surface area contributed by atoms with Crippen LogP contribution in [0.15, 0.2) is 29.3 Å². The number of likely N-dealkylation sites (N-methyl/N-ethyl adjacent to an activating group) is 1. The van der Waals surface area contributed by atoms with Crippen LogP contribution in [0.4, 0.5) is 0 Å². The van der Waals surface area contributed by atoms with Crippen molar-refractivity contribution in [2.45, 2.75) is 40.7 Å². The van der Waals surface area contributed by atoms with E-state index in [-0.39, 0.29) is 24.0 Å². The number of guanidine groups is 1. The molecule has 0 aliphatic carbocycles. The third-order valence-electron chi connectivity index (χ3n) is 4.61. The van der Waals surface area contributed by atoms with Gasteiger partial charge in [-0.25, -0.2) is 4.98 Å². The van der Waals surface area contributed by atoms with Gasteiger partial charge < -0.3 is 20.1 Å². The molecule has 0 amide bonds. The number of nitrogens with zero attached hydrogens (tertiary/aromatic N) is 4. The molecule has 0 saturated heterocycles. The molecule has 0 aliphatic rings. The quantitative estimate of drug-likeness (QED) is 0.234. The lowest BCUT2D eigenvalue weighted by Gasteiger charge is -2.19. The lowest BCUT2D eigenvalue weighted by Crippen LogP contribution is -2.41. The molecule has 6 nitrogen and oxygen atoms in total. The molecule has 2 N–H and O–H groups in total. The van der Waals surface area contributed by atoms with Crippen LogP contribution in [0.2, 0.25) is 0 Å². The second-order valence-electron chi connectivity index (χ2n) is 6.37. The Kier molecular flexibility index (Phi) is 11.3. The Balaban J connectivity index is 0.00000364. The third kappa shape index (κ3) is 7.29. The molecule has 0 atom stereocenters. The van der Waals surface area contributed by atoms with Crippen LogP contribution in [0.25, 0.3) is 11.0 Å². The van der Waals surface area contributed by atoms with Gasteiger partial charge in [0.25, 0.3) is 0 Å². The number of hydrogen-bond acceptors (Lipinski definition) is 3. The molecule has 7 heteroatoms. The zero-order chi connectivity index (χ0) is 18.8. The van der Waals surface area contributed by atoms with Crippen molar-refractivity contribution in [2.24, 2.45) is 4.99 Å². The molecule has 1 aromatic heterocycles. The highest BCUT2D eigenvalue weighted by atomic mass is 127. The Labute approximate surface area is 180 Å². The molecule has 0 bridgehead atoms. The van der Waals surface area contributed by atoms with E-state index in [9.17, 15) is 0 Å². The fourth-order valence-electron chi connectivity index (χ4n) is 3.11. The standard InChI is InChI=1S/C20H34N6.HI/c1-5-21-20(23-14-16-25(6-2)7-3)22-13-10-15-26-17(4)24-18-11-8-9-12-19(18)26;/h8-9,11-12H,5-7,10,13-16H2,1-4H3,(H2,21,22,23);1H. The van der Waals surface area contributed by atoms with Gasteiger partial charge in [-0.2, -0.15) is 0 Å². The van der Waals surface area contributed by atoms with Crippen LogP contribution in [0.1, 0.15) is 33.0 Å². The van der Waals surface area contributed by atoms with Gasteiger partial charge in [-0.05, 0) is 45.5 Å². The molecule has 0 saturated carbocycles. The number of aliphatic imine (C=N–C) groups is 1. The number of imidazole rings is 1. The maximum atomic E-state index is 4.71. The van der Waals surface area contributed by atoms with Gasteiger partial charge in [-0.3, -0.25) is 4.99 Å². The molecule has 0 aliphatic heterocycles. The molecule has 0 unspecified atom stereocenters. The molecule has 2 rings (SSSR count). The normalized spacial score (nSPS) is 11.7. The maximum absolute atomic E-state index is 4.71. The molecule has 27 heavy (non-hydrogen) atoms. The molecular formula is C20H35IN6. The smallest absolute Gasteiger partial charge is 0.191 e. The van der Waals surface area contributed by atoms with E-state index in [1.165, 1.54) is 5.52 Å². The fourth-order valence-corrected chi connectivity index (χ4v) is 3.11. The summed E-state index contributed by atoms with van der Waals surface area (Å²) in [5.74, 6) is 1.98. The van der Waals surface area contributed by atoms with Crippen LogP contribution >= 0.6 is 24.0 Å². The van der Waals surface area contributed by atoms with Crippen LogP contribution in [0, 0.1) is 6.92 Å². The average molecular weight is 486 g/mol. The molecule has 0 spiro atoms. The molecule has 2 aromatic rings. The highest BCUT2D eigenvalue weighted by Crippen LogP contribution is 2.15. The van der Waals surface area contributed by atoms with Crippen LogP contribution in [0.3, 0.4) is 0 Å². The minimum Gasteiger partial charge on any atom is -0.357 e. The highest BCUT2D eigenvalue weighted by molar-refractivity contribution is 14.0. The lowest BCUT2D eigenvalue weighted by molar-refractivity contribution is 0.308. The van der Waals surface area contributed by atoms with Crippen molar-refractivity contribution in [2.75, 3.05) is 39.3 Å². The SMILES string of the molecule is CCNC(=NCCCn1c(C)nc2ccccc21)NCCN(CC)CC.I.